The Balaban J connectivity index is 1.49. The minimum atomic E-state index is -3.08. The van der Waals surface area contributed by atoms with E-state index in [0.29, 0.717) is 18.1 Å². The summed E-state index contributed by atoms with van der Waals surface area (Å²) in [5.74, 6) is 0.819. The van der Waals surface area contributed by atoms with Crippen LogP contribution in [-0.2, 0) is 21.2 Å². The number of amides is 1. The van der Waals surface area contributed by atoms with Gasteiger partial charge in [0.05, 0.1) is 34.2 Å². The highest BCUT2D eigenvalue weighted by atomic mass is 32.2. The summed E-state index contributed by atoms with van der Waals surface area (Å²) in [7, 11) is -3.08. The third-order valence-electron chi connectivity index (χ3n) is 4.92. The van der Waals surface area contributed by atoms with Crippen molar-refractivity contribution in [1.82, 2.24) is 20.1 Å². The van der Waals surface area contributed by atoms with Gasteiger partial charge in [-0.15, -0.1) is 21.5 Å². The maximum Gasteiger partial charge on any atom is 0.230 e. The van der Waals surface area contributed by atoms with E-state index < -0.39 is 15.4 Å². The first-order valence-corrected chi connectivity index (χ1v) is 13.2. The molecule has 1 N–H and O–H groups in total. The number of thiophene rings is 1. The van der Waals surface area contributed by atoms with Crippen LogP contribution in [0.25, 0.3) is 10.7 Å². The molecule has 0 spiro atoms. The number of aromatic nitrogens is 3. The topological polar surface area (TPSA) is 93.9 Å². The van der Waals surface area contributed by atoms with E-state index in [1.54, 1.807) is 18.3 Å². The van der Waals surface area contributed by atoms with Gasteiger partial charge in [-0.2, -0.15) is 0 Å². The van der Waals surface area contributed by atoms with Gasteiger partial charge in [-0.1, -0.05) is 48.2 Å². The normalized spacial score (nSPS) is 20.3. The molecule has 0 bridgehead atoms. The number of benzene rings is 1. The maximum absolute atomic E-state index is 12.5. The van der Waals surface area contributed by atoms with Crippen molar-refractivity contribution in [3.8, 4) is 10.7 Å². The molecule has 4 rings (SSSR count). The van der Waals surface area contributed by atoms with Crippen molar-refractivity contribution in [3.05, 3.63) is 53.4 Å². The molecule has 3 heterocycles. The number of hydrogen-bond donors (Lipinski definition) is 1. The summed E-state index contributed by atoms with van der Waals surface area (Å²) < 4.78 is 25.5. The lowest BCUT2D eigenvalue weighted by molar-refractivity contribution is -0.120. The Morgan fingerprint density at radius 1 is 1.23 bits per heavy atom. The largest absolute Gasteiger partial charge is 0.349 e. The highest BCUT2D eigenvalue weighted by Gasteiger charge is 2.39. The number of sulfone groups is 1. The lowest BCUT2D eigenvalue weighted by atomic mass is 10.0. The highest BCUT2D eigenvalue weighted by molar-refractivity contribution is 7.99. The first kappa shape index (κ1) is 21.1. The fourth-order valence-electron chi connectivity index (χ4n) is 3.50. The van der Waals surface area contributed by atoms with Crippen LogP contribution in [-0.4, -0.2) is 51.9 Å². The Hall–Kier alpha value is -2.17. The number of nitrogens with zero attached hydrogens (tertiary/aromatic N) is 3. The number of carbonyl (C=O) groups is 1. The van der Waals surface area contributed by atoms with Crippen molar-refractivity contribution in [2.24, 2.45) is 0 Å². The molecule has 7 nitrogen and oxygen atoms in total. The number of carbonyl (C=O) groups excluding carboxylic acids is 1. The molecule has 1 saturated heterocycles. The second-order valence-electron chi connectivity index (χ2n) is 7.59. The molecule has 2 aromatic heterocycles. The van der Waals surface area contributed by atoms with E-state index in [4.69, 9.17) is 0 Å². The first-order valence-electron chi connectivity index (χ1n) is 9.49. The van der Waals surface area contributed by atoms with Gasteiger partial charge < -0.3 is 5.32 Å². The molecule has 1 aromatic carbocycles. The van der Waals surface area contributed by atoms with Crippen LogP contribution in [0, 0.1) is 0 Å². The maximum atomic E-state index is 12.5. The van der Waals surface area contributed by atoms with Crippen LogP contribution in [0.5, 0.6) is 0 Å². The van der Waals surface area contributed by atoms with Crippen molar-refractivity contribution in [1.29, 1.82) is 0 Å². The van der Waals surface area contributed by atoms with Gasteiger partial charge in [-0.05, 0) is 30.4 Å². The molecule has 1 unspecified atom stereocenters. The summed E-state index contributed by atoms with van der Waals surface area (Å²) in [5, 5.41) is 14.2. The molecule has 30 heavy (non-hydrogen) atoms. The van der Waals surface area contributed by atoms with E-state index in [0.717, 1.165) is 16.3 Å². The van der Waals surface area contributed by atoms with Crippen LogP contribution in [0.15, 0.2) is 53.0 Å². The molecule has 1 atom stereocenters. The van der Waals surface area contributed by atoms with Gasteiger partial charge in [0.1, 0.15) is 0 Å². The summed E-state index contributed by atoms with van der Waals surface area (Å²) >= 11 is 2.90. The molecule has 3 aromatic rings. The Kier molecular flexibility index (Phi) is 5.99. The number of nitrogens with one attached hydrogen (secondary N) is 1. The minimum Gasteiger partial charge on any atom is -0.349 e. The van der Waals surface area contributed by atoms with E-state index in [2.05, 4.69) is 15.5 Å². The second kappa shape index (κ2) is 8.52. The molecular weight excluding hydrogens is 440 g/mol. The van der Waals surface area contributed by atoms with Gasteiger partial charge in [0.15, 0.2) is 20.8 Å². The number of rotatable bonds is 7. The zero-order chi connectivity index (χ0) is 21.2. The van der Waals surface area contributed by atoms with Crippen molar-refractivity contribution in [2.75, 3.05) is 17.3 Å². The van der Waals surface area contributed by atoms with Crippen molar-refractivity contribution < 1.29 is 13.2 Å². The molecule has 158 valence electrons. The monoisotopic (exact) mass is 462 g/mol. The van der Waals surface area contributed by atoms with Gasteiger partial charge in [0, 0.05) is 0 Å². The van der Waals surface area contributed by atoms with Crippen LogP contribution in [0.4, 0.5) is 0 Å². The molecule has 0 saturated carbocycles. The molecule has 1 aliphatic heterocycles. The minimum absolute atomic E-state index is 0.0108. The molecule has 0 aliphatic carbocycles. The highest BCUT2D eigenvalue weighted by Crippen LogP contribution is 2.28. The average Bonchev–Trinajstić information content (AvgIpc) is 3.41. The molecule has 10 heteroatoms. The van der Waals surface area contributed by atoms with Crippen LogP contribution in [0.1, 0.15) is 18.9 Å². The van der Waals surface area contributed by atoms with E-state index >= 15 is 0 Å². The fourth-order valence-corrected chi connectivity index (χ4v) is 7.05. The molecule has 1 amide bonds. The predicted molar refractivity (Wildman–Crippen MR) is 119 cm³/mol. The summed E-state index contributed by atoms with van der Waals surface area (Å²) in [6.45, 7) is 2.38. The summed E-state index contributed by atoms with van der Waals surface area (Å²) in [5.41, 5.74) is 0.418. The Morgan fingerprint density at radius 2 is 2.03 bits per heavy atom. The van der Waals surface area contributed by atoms with Gasteiger partial charge in [0.25, 0.3) is 0 Å². The zero-order valence-electron chi connectivity index (χ0n) is 16.4. The fraction of sp³-hybridized carbons (Fsp3) is 0.350. The molecule has 0 radical (unpaired) electrons. The van der Waals surface area contributed by atoms with Crippen LogP contribution >= 0.6 is 23.1 Å². The SMILES string of the molecule is CC1(NC(=O)CSc2nnc(-c3cccs3)n2Cc2ccccc2)CCS(=O)(=O)C1. The van der Waals surface area contributed by atoms with Gasteiger partial charge in [-0.25, -0.2) is 8.42 Å². The first-order chi connectivity index (χ1) is 14.3. The van der Waals surface area contributed by atoms with Crippen molar-refractivity contribution >= 4 is 38.8 Å². The standard InChI is InChI=1S/C20H22N4O3S3/c1-20(9-11-30(26,27)14-20)21-17(25)13-29-19-23-22-18(16-8-5-10-28-16)24(19)12-15-6-3-2-4-7-15/h2-8,10H,9,11-14H2,1H3,(H,21,25). The smallest absolute Gasteiger partial charge is 0.230 e. The third-order valence-corrected chi connectivity index (χ3v) is 8.65. The zero-order valence-corrected chi connectivity index (χ0v) is 18.9. The van der Waals surface area contributed by atoms with Gasteiger partial charge in [0.2, 0.25) is 5.91 Å². The van der Waals surface area contributed by atoms with E-state index in [9.17, 15) is 13.2 Å². The summed E-state index contributed by atoms with van der Waals surface area (Å²) in [6.07, 6.45) is 0.443. The number of hydrogen-bond acceptors (Lipinski definition) is 7. The molecular formula is C20H22N4O3S3. The predicted octanol–water partition coefficient (Wildman–Crippen LogP) is 2.84. The van der Waals surface area contributed by atoms with E-state index in [1.807, 2.05) is 52.4 Å². The average molecular weight is 463 g/mol. The van der Waals surface area contributed by atoms with Crippen molar-refractivity contribution in [2.45, 2.75) is 30.6 Å². The van der Waals surface area contributed by atoms with E-state index in [-0.39, 0.29) is 23.2 Å². The van der Waals surface area contributed by atoms with Crippen molar-refractivity contribution in [3.63, 3.8) is 0 Å². The Labute approximate surface area is 183 Å². The van der Waals surface area contributed by atoms with Crippen LogP contribution in [0.2, 0.25) is 0 Å². The molecule has 1 fully saturated rings. The lowest BCUT2D eigenvalue weighted by Gasteiger charge is -2.23. The Bertz CT molecular complexity index is 1130. The number of thioether (sulfide) groups is 1. The van der Waals surface area contributed by atoms with Gasteiger partial charge in [-0.3, -0.25) is 9.36 Å². The quantitative estimate of drug-likeness (QED) is 0.543. The van der Waals surface area contributed by atoms with Crippen LogP contribution < -0.4 is 5.32 Å². The molecule has 1 aliphatic rings. The summed E-state index contributed by atoms with van der Waals surface area (Å²) in [6, 6.07) is 14.0. The van der Waals surface area contributed by atoms with E-state index in [1.165, 1.54) is 11.8 Å². The lowest BCUT2D eigenvalue weighted by Crippen LogP contribution is -2.47. The van der Waals surface area contributed by atoms with Gasteiger partial charge >= 0.3 is 0 Å². The Morgan fingerprint density at radius 3 is 2.70 bits per heavy atom. The second-order valence-corrected chi connectivity index (χ2v) is 11.7. The third kappa shape index (κ3) is 4.93. The van der Waals surface area contributed by atoms with Crippen LogP contribution in [0.3, 0.4) is 0 Å². The summed E-state index contributed by atoms with van der Waals surface area (Å²) in [4.78, 5) is 13.5.